The topological polar surface area (TPSA) is 47.0 Å². The molecule has 136 valence electrons. The van der Waals surface area contributed by atoms with Crippen molar-refractivity contribution in [1.82, 2.24) is 9.55 Å². The number of rotatable bonds is 5. The number of thiophene rings is 1. The van der Waals surface area contributed by atoms with E-state index in [4.69, 9.17) is 17.0 Å². The number of fused-ring (bicyclic) bond motifs is 1. The first-order valence-electron chi connectivity index (χ1n) is 8.61. The molecule has 0 radical (unpaired) electrons. The Bertz CT molecular complexity index is 1190. The maximum Gasteiger partial charge on any atom is 0.263 e. The van der Waals surface area contributed by atoms with E-state index in [0.29, 0.717) is 16.7 Å². The summed E-state index contributed by atoms with van der Waals surface area (Å²) < 4.78 is 7.28. The number of hydrogen-bond donors (Lipinski definition) is 1. The predicted molar refractivity (Wildman–Crippen MR) is 113 cm³/mol. The summed E-state index contributed by atoms with van der Waals surface area (Å²) in [6.07, 6.45) is 0.725. The largest absolute Gasteiger partial charge is 0.497 e. The number of ether oxygens (including phenoxy) is 1. The molecule has 0 unspecified atom stereocenters. The van der Waals surface area contributed by atoms with Crippen LogP contribution in [0.3, 0.4) is 0 Å². The summed E-state index contributed by atoms with van der Waals surface area (Å²) in [6, 6.07) is 19.9. The van der Waals surface area contributed by atoms with Gasteiger partial charge in [0.1, 0.15) is 10.6 Å². The summed E-state index contributed by atoms with van der Waals surface area (Å²) in [5, 5.41) is 0.683. The average Bonchev–Trinajstić information content (AvgIpc) is 3.13. The second-order valence-corrected chi connectivity index (χ2v) is 7.64. The van der Waals surface area contributed by atoms with Gasteiger partial charge < -0.3 is 9.72 Å². The third-order valence-corrected chi connectivity index (χ3v) is 5.94. The molecule has 4 aromatic rings. The molecule has 4 nitrogen and oxygen atoms in total. The quantitative estimate of drug-likeness (QED) is 0.483. The Labute approximate surface area is 165 Å². The van der Waals surface area contributed by atoms with E-state index < -0.39 is 0 Å². The van der Waals surface area contributed by atoms with Gasteiger partial charge in [0.05, 0.1) is 12.5 Å². The molecule has 2 aromatic heterocycles. The van der Waals surface area contributed by atoms with Gasteiger partial charge in [0.15, 0.2) is 4.77 Å². The van der Waals surface area contributed by atoms with Gasteiger partial charge in [-0.05, 0) is 48.0 Å². The molecule has 0 atom stereocenters. The van der Waals surface area contributed by atoms with Crippen LogP contribution in [-0.4, -0.2) is 16.7 Å². The number of aryl methyl sites for hydroxylation is 1. The highest BCUT2D eigenvalue weighted by atomic mass is 32.1. The van der Waals surface area contributed by atoms with Gasteiger partial charge in [0, 0.05) is 11.4 Å². The summed E-state index contributed by atoms with van der Waals surface area (Å²) >= 11 is 7.00. The molecule has 0 spiro atoms. The van der Waals surface area contributed by atoms with Crippen LogP contribution >= 0.6 is 23.6 Å². The fraction of sp³-hybridized carbons (Fsp3) is 0.143. The van der Waals surface area contributed by atoms with Crippen molar-refractivity contribution in [3.8, 4) is 16.2 Å². The summed E-state index contributed by atoms with van der Waals surface area (Å²) in [5.41, 5.74) is 2.19. The molecule has 0 aliphatic rings. The zero-order chi connectivity index (χ0) is 18.8. The minimum Gasteiger partial charge on any atom is -0.497 e. The number of aromatic nitrogens is 2. The molecule has 0 bridgehead atoms. The van der Waals surface area contributed by atoms with Crippen molar-refractivity contribution in [3.05, 3.63) is 81.4 Å². The first-order chi connectivity index (χ1) is 13.2. The van der Waals surface area contributed by atoms with Gasteiger partial charge in [-0.15, -0.1) is 11.3 Å². The number of aromatic amines is 1. The Morgan fingerprint density at radius 1 is 1.11 bits per heavy atom. The number of hydrogen-bond acceptors (Lipinski definition) is 4. The fourth-order valence-electron chi connectivity index (χ4n) is 3.03. The summed E-state index contributed by atoms with van der Waals surface area (Å²) in [4.78, 5) is 18.1. The van der Waals surface area contributed by atoms with Crippen molar-refractivity contribution in [3.63, 3.8) is 0 Å². The highest BCUT2D eigenvalue weighted by Gasteiger charge is 2.11. The Morgan fingerprint density at radius 3 is 2.56 bits per heavy atom. The molecule has 0 aliphatic carbocycles. The van der Waals surface area contributed by atoms with Crippen LogP contribution in [0.5, 0.6) is 5.75 Å². The maximum absolute atomic E-state index is 13.0. The zero-order valence-electron chi connectivity index (χ0n) is 14.8. The molecule has 0 saturated heterocycles. The highest BCUT2D eigenvalue weighted by Crippen LogP contribution is 2.30. The third-order valence-electron chi connectivity index (χ3n) is 4.51. The summed E-state index contributed by atoms with van der Waals surface area (Å²) in [7, 11) is 1.65. The second-order valence-electron chi connectivity index (χ2n) is 6.20. The van der Waals surface area contributed by atoms with Gasteiger partial charge in [0.25, 0.3) is 5.56 Å². The lowest BCUT2D eigenvalue weighted by atomic mass is 10.1. The molecule has 0 saturated carbocycles. The number of H-pyrrole nitrogens is 1. The van der Waals surface area contributed by atoms with Crippen molar-refractivity contribution in [2.75, 3.05) is 7.11 Å². The van der Waals surface area contributed by atoms with Gasteiger partial charge in [-0.2, -0.15) is 0 Å². The summed E-state index contributed by atoms with van der Waals surface area (Å²) in [5.74, 6) is 0.821. The zero-order valence-corrected chi connectivity index (χ0v) is 16.4. The van der Waals surface area contributed by atoms with Gasteiger partial charge in [-0.3, -0.25) is 9.36 Å². The Kier molecular flexibility index (Phi) is 4.92. The smallest absolute Gasteiger partial charge is 0.263 e. The van der Waals surface area contributed by atoms with Crippen molar-refractivity contribution in [1.29, 1.82) is 0 Å². The number of benzene rings is 2. The molecule has 0 aliphatic heterocycles. The Balaban J connectivity index is 1.66. The van der Waals surface area contributed by atoms with Gasteiger partial charge in [-0.1, -0.05) is 42.5 Å². The van der Waals surface area contributed by atoms with Gasteiger partial charge in [0.2, 0.25) is 0 Å². The average molecular weight is 395 g/mol. The normalized spacial score (nSPS) is 11.0. The molecule has 4 rings (SSSR count). The van der Waals surface area contributed by atoms with E-state index in [0.717, 1.165) is 33.0 Å². The van der Waals surface area contributed by atoms with Crippen LogP contribution in [-0.2, 0) is 13.0 Å². The van der Waals surface area contributed by atoms with E-state index in [-0.39, 0.29) is 5.56 Å². The lowest BCUT2D eigenvalue weighted by Crippen LogP contribution is -2.22. The predicted octanol–water partition coefficient (Wildman–Crippen LogP) is 5.04. The minimum absolute atomic E-state index is 0.0410. The lowest BCUT2D eigenvalue weighted by Gasteiger charge is -2.07. The Morgan fingerprint density at radius 2 is 1.85 bits per heavy atom. The van der Waals surface area contributed by atoms with E-state index in [1.807, 2.05) is 60.7 Å². The van der Waals surface area contributed by atoms with Crippen molar-refractivity contribution in [2.24, 2.45) is 0 Å². The van der Waals surface area contributed by atoms with Crippen molar-refractivity contribution < 1.29 is 4.74 Å². The lowest BCUT2D eigenvalue weighted by molar-refractivity contribution is 0.414. The number of nitrogens with zero attached hydrogens (tertiary/aromatic N) is 1. The fourth-order valence-corrected chi connectivity index (χ4v) is 4.42. The first-order valence-corrected chi connectivity index (χ1v) is 9.83. The molecule has 1 N–H and O–H groups in total. The standard InChI is InChI=1S/C21H18N2O2S2/c1-25-16-9-7-14(8-10-16)11-12-23-20(24)17-13-18(15-5-3-2-4-6-15)27-19(17)22-21(23)26/h2-10,13H,11-12H2,1H3,(H,22,26). The van der Waals surface area contributed by atoms with E-state index >= 15 is 0 Å². The molecule has 2 aromatic carbocycles. The van der Waals surface area contributed by atoms with Crippen molar-refractivity contribution >= 4 is 33.8 Å². The van der Waals surface area contributed by atoms with Crippen LogP contribution in [0.4, 0.5) is 0 Å². The van der Waals surface area contributed by atoms with Crippen molar-refractivity contribution in [2.45, 2.75) is 13.0 Å². The SMILES string of the molecule is COc1ccc(CCn2c(=S)[nH]c3sc(-c4ccccc4)cc3c2=O)cc1. The molecule has 0 amide bonds. The molecule has 27 heavy (non-hydrogen) atoms. The van der Waals surface area contributed by atoms with Crippen LogP contribution in [0.15, 0.2) is 65.5 Å². The second kappa shape index (κ2) is 7.50. The van der Waals surface area contributed by atoms with Crippen LogP contribution in [0.25, 0.3) is 20.7 Å². The van der Waals surface area contributed by atoms with E-state index in [1.54, 1.807) is 23.0 Å². The van der Waals surface area contributed by atoms with E-state index in [1.165, 1.54) is 0 Å². The molecule has 2 heterocycles. The minimum atomic E-state index is -0.0410. The molecule has 0 fully saturated rings. The summed E-state index contributed by atoms with van der Waals surface area (Å²) in [6.45, 7) is 0.535. The van der Waals surface area contributed by atoms with Gasteiger partial charge >= 0.3 is 0 Å². The van der Waals surface area contributed by atoms with Crippen LogP contribution < -0.4 is 10.3 Å². The Hall–Kier alpha value is -2.70. The van der Waals surface area contributed by atoms with E-state index in [9.17, 15) is 4.79 Å². The third kappa shape index (κ3) is 3.59. The monoisotopic (exact) mass is 394 g/mol. The van der Waals surface area contributed by atoms with Crippen LogP contribution in [0.2, 0.25) is 0 Å². The first kappa shape index (κ1) is 17.7. The maximum atomic E-state index is 13.0. The van der Waals surface area contributed by atoms with Crippen LogP contribution in [0, 0.1) is 4.77 Å². The van der Waals surface area contributed by atoms with Crippen LogP contribution in [0.1, 0.15) is 5.56 Å². The highest BCUT2D eigenvalue weighted by molar-refractivity contribution is 7.71. The van der Waals surface area contributed by atoms with E-state index in [2.05, 4.69) is 4.98 Å². The van der Waals surface area contributed by atoms with Gasteiger partial charge in [-0.25, -0.2) is 0 Å². The molecular weight excluding hydrogens is 376 g/mol. The molecule has 6 heteroatoms. The molecular formula is C21H18N2O2S2. The number of methoxy groups -OCH3 is 1. The number of nitrogens with one attached hydrogen (secondary N) is 1.